The van der Waals surface area contributed by atoms with Crippen molar-refractivity contribution < 1.29 is 14.5 Å². The number of nitriles is 1. The number of anilines is 1. The number of imide groups is 1. The zero-order valence-electron chi connectivity index (χ0n) is 12.8. The van der Waals surface area contributed by atoms with Gasteiger partial charge in [-0.15, -0.1) is 0 Å². The summed E-state index contributed by atoms with van der Waals surface area (Å²) < 4.78 is 0. The third kappa shape index (κ3) is 4.74. The lowest BCUT2D eigenvalue weighted by Crippen LogP contribution is -2.31. The summed E-state index contributed by atoms with van der Waals surface area (Å²) in [5.74, 6) is -1.52. The summed E-state index contributed by atoms with van der Waals surface area (Å²) in [5, 5.41) is 24.5. The highest BCUT2D eigenvalue weighted by Crippen LogP contribution is 2.17. The van der Waals surface area contributed by atoms with Crippen molar-refractivity contribution in [1.82, 2.24) is 5.32 Å². The predicted molar refractivity (Wildman–Crippen MR) is 89.3 cm³/mol. The molecule has 0 radical (unpaired) electrons. The van der Waals surface area contributed by atoms with Gasteiger partial charge in [-0.25, -0.2) is 0 Å². The van der Waals surface area contributed by atoms with Gasteiger partial charge in [0.05, 0.1) is 4.92 Å². The molecule has 124 valence electrons. The summed E-state index contributed by atoms with van der Waals surface area (Å²) in [4.78, 5) is 34.0. The van der Waals surface area contributed by atoms with Crippen LogP contribution in [0.5, 0.6) is 0 Å². The van der Waals surface area contributed by atoms with Gasteiger partial charge in [0, 0.05) is 29.6 Å². The van der Waals surface area contributed by atoms with Crippen molar-refractivity contribution in [3.63, 3.8) is 0 Å². The Morgan fingerprint density at radius 1 is 1.12 bits per heavy atom. The van der Waals surface area contributed by atoms with Crippen molar-refractivity contribution in [2.45, 2.75) is 0 Å². The van der Waals surface area contributed by atoms with Crippen LogP contribution in [-0.4, -0.2) is 16.7 Å². The summed E-state index contributed by atoms with van der Waals surface area (Å²) in [6.45, 7) is 0. The highest BCUT2D eigenvalue weighted by atomic mass is 16.6. The maximum absolute atomic E-state index is 12.0. The van der Waals surface area contributed by atoms with Crippen LogP contribution in [0, 0.1) is 21.4 Å². The molecule has 25 heavy (non-hydrogen) atoms. The van der Waals surface area contributed by atoms with E-state index in [1.807, 2.05) is 0 Å². The third-order valence-corrected chi connectivity index (χ3v) is 3.07. The monoisotopic (exact) mass is 336 g/mol. The Labute approximate surface area is 142 Å². The van der Waals surface area contributed by atoms with E-state index in [0.29, 0.717) is 5.69 Å². The van der Waals surface area contributed by atoms with Gasteiger partial charge in [0.15, 0.2) is 0 Å². The molecule has 0 unspecified atom stereocenters. The largest absolute Gasteiger partial charge is 0.360 e. The van der Waals surface area contributed by atoms with E-state index in [0.717, 1.165) is 6.20 Å². The van der Waals surface area contributed by atoms with Crippen molar-refractivity contribution in [2.75, 3.05) is 5.32 Å². The number of non-ortho nitro benzene ring substituents is 1. The van der Waals surface area contributed by atoms with Crippen molar-refractivity contribution >= 4 is 23.2 Å². The van der Waals surface area contributed by atoms with E-state index >= 15 is 0 Å². The van der Waals surface area contributed by atoms with Gasteiger partial charge in [-0.2, -0.15) is 5.26 Å². The van der Waals surface area contributed by atoms with Crippen LogP contribution in [0.15, 0.2) is 66.4 Å². The molecule has 0 saturated heterocycles. The summed E-state index contributed by atoms with van der Waals surface area (Å²) in [6, 6.07) is 15.3. The molecule has 2 aromatic carbocycles. The van der Waals surface area contributed by atoms with Crippen molar-refractivity contribution in [1.29, 1.82) is 5.26 Å². The summed E-state index contributed by atoms with van der Waals surface area (Å²) in [6.07, 6.45) is 1.08. The van der Waals surface area contributed by atoms with Gasteiger partial charge in [-0.05, 0) is 18.2 Å². The number of carbonyl (C=O) groups is 2. The molecule has 0 fully saturated rings. The van der Waals surface area contributed by atoms with Gasteiger partial charge in [0.25, 0.3) is 17.5 Å². The van der Waals surface area contributed by atoms with Gasteiger partial charge >= 0.3 is 0 Å². The van der Waals surface area contributed by atoms with E-state index < -0.39 is 16.7 Å². The van der Waals surface area contributed by atoms with E-state index in [1.54, 1.807) is 24.3 Å². The molecule has 0 saturated carbocycles. The minimum Gasteiger partial charge on any atom is -0.360 e. The molecule has 0 heterocycles. The van der Waals surface area contributed by atoms with E-state index in [-0.39, 0.29) is 16.8 Å². The van der Waals surface area contributed by atoms with E-state index in [2.05, 4.69) is 10.6 Å². The van der Waals surface area contributed by atoms with Crippen LogP contribution in [0.3, 0.4) is 0 Å². The first-order valence-electron chi connectivity index (χ1n) is 7.03. The third-order valence-electron chi connectivity index (χ3n) is 3.07. The lowest BCUT2D eigenvalue weighted by molar-refractivity contribution is -0.384. The molecule has 0 aliphatic heterocycles. The number of nitro benzene ring substituents is 1. The lowest BCUT2D eigenvalue weighted by atomic mass is 10.2. The Balaban J connectivity index is 2.08. The number of nitro groups is 1. The van der Waals surface area contributed by atoms with Crippen LogP contribution < -0.4 is 10.6 Å². The van der Waals surface area contributed by atoms with Gasteiger partial charge in [-0.1, -0.05) is 24.3 Å². The number of hydrogen-bond donors (Lipinski definition) is 2. The molecule has 8 heteroatoms. The zero-order valence-corrected chi connectivity index (χ0v) is 12.8. The SMILES string of the molecule is N#C/C(=C\Nc1cccc([N+](=O)[O-])c1)C(=O)NC(=O)c1ccccc1. The molecular weight excluding hydrogens is 324 g/mol. The quantitative estimate of drug-likeness (QED) is 0.374. The Morgan fingerprint density at radius 2 is 1.84 bits per heavy atom. The first-order valence-corrected chi connectivity index (χ1v) is 7.03. The first-order chi connectivity index (χ1) is 12.0. The average Bonchev–Trinajstić information content (AvgIpc) is 2.63. The smallest absolute Gasteiger partial charge is 0.271 e. The molecule has 2 amide bonds. The Kier molecular flexibility index (Phi) is 5.58. The second-order valence-corrected chi connectivity index (χ2v) is 4.77. The molecule has 0 spiro atoms. The molecule has 0 aromatic heterocycles. The van der Waals surface area contributed by atoms with Gasteiger partial charge in [-0.3, -0.25) is 25.0 Å². The molecule has 2 N–H and O–H groups in total. The van der Waals surface area contributed by atoms with Crippen molar-refractivity contribution in [3.05, 3.63) is 82.0 Å². The van der Waals surface area contributed by atoms with Crippen LogP contribution in [-0.2, 0) is 4.79 Å². The predicted octanol–water partition coefficient (Wildman–Crippen LogP) is 2.37. The molecule has 8 nitrogen and oxygen atoms in total. The Morgan fingerprint density at radius 3 is 2.48 bits per heavy atom. The highest BCUT2D eigenvalue weighted by molar-refractivity contribution is 6.11. The number of nitrogens with one attached hydrogen (secondary N) is 2. The fourth-order valence-electron chi connectivity index (χ4n) is 1.85. The van der Waals surface area contributed by atoms with Gasteiger partial charge in [0.2, 0.25) is 0 Å². The van der Waals surface area contributed by atoms with Gasteiger partial charge in [0.1, 0.15) is 11.6 Å². The molecular formula is C17H12N4O4. The van der Waals surface area contributed by atoms with Crippen LogP contribution in [0.25, 0.3) is 0 Å². The molecule has 2 rings (SSSR count). The number of rotatable bonds is 5. The minimum absolute atomic E-state index is 0.138. The summed E-state index contributed by atoms with van der Waals surface area (Å²) >= 11 is 0. The maximum Gasteiger partial charge on any atom is 0.271 e. The molecule has 0 aliphatic carbocycles. The summed E-state index contributed by atoms with van der Waals surface area (Å²) in [7, 11) is 0. The average molecular weight is 336 g/mol. The van der Waals surface area contributed by atoms with E-state index in [1.165, 1.54) is 36.4 Å². The standard InChI is InChI=1S/C17H12N4O4/c18-10-13(11-19-14-7-4-8-15(9-14)21(24)25)17(23)20-16(22)12-5-2-1-3-6-12/h1-9,11,19H,(H,20,22,23)/b13-11+. The normalized spacial score (nSPS) is 10.4. The first kappa shape index (κ1) is 17.4. The zero-order chi connectivity index (χ0) is 18.2. The second-order valence-electron chi connectivity index (χ2n) is 4.77. The molecule has 2 aromatic rings. The number of nitrogens with zero attached hydrogens (tertiary/aromatic N) is 2. The number of amides is 2. The molecule has 0 atom stereocenters. The Hall–Kier alpha value is -3.99. The lowest BCUT2D eigenvalue weighted by Gasteiger charge is -2.04. The van der Waals surface area contributed by atoms with Gasteiger partial charge < -0.3 is 5.32 Å². The fraction of sp³-hybridized carbons (Fsp3) is 0. The maximum atomic E-state index is 12.0. The van der Waals surface area contributed by atoms with Crippen LogP contribution in [0.1, 0.15) is 10.4 Å². The summed E-state index contributed by atoms with van der Waals surface area (Å²) in [5.41, 5.74) is 0.111. The number of hydrogen-bond acceptors (Lipinski definition) is 6. The second kappa shape index (κ2) is 8.03. The van der Waals surface area contributed by atoms with Crippen LogP contribution in [0.4, 0.5) is 11.4 Å². The van der Waals surface area contributed by atoms with E-state index in [9.17, 15) is 19.7 Å². The van der Waals surface area contributed by atoms with E-state index in [4.69, 9.17) is 5.26 Å². The Bertz CT molecular complexity index is 885. The van der Waals surface area contributed by atoms with Crippen LogP contribution in [0.2, 0.25) is 0 Å². The number of benzene rings is 2. The van der Waals surface area contributed by atoms with Crippen molar-refractivity contribution in [3.8, 4) is 6.07 Å². The minimum atomic E-state index is -0.880. The highest BCUT2D eigenvalue weighted by Gasteiger charge is 2.14. The number of carbonyl (C=O) groups excluding carboxylic acids is 2. The molecule has 0 bridgehead atoms. The van der Waals surface area contributed by atoms with Crippen LogP contribution >= 0.6 is 0 Å². The topological polar surface area (TPSA) is 125 Å². The van der Waals surface area contributed by atoms with Crippen molar-refractivity contribution in [2.24, 2.45) is 0 Å². The molecule has 0 aliphatic rings. The fourth-order valence-corrected chi connectivity index (χ4v) is 1.85.